The molecule has 19 heavy (non-hydrogen) atoms. The van der Waals surface area contributed by atoms with Gasteiger partial charge in [0.1, 0.15) is 10.5 Å². The summed E-state index contributed by atoms with van der Waals surface area (Å²) in [4.78, 5) is 10.9. The zero-order chi connectivity index (χ0) is 14.3. The molecule has 0 aliphatic rings. The molecule has 1 aromatic rings. The molecule has 0 aliphatic heterocycles. The quantitative estimate of drug-likeness (QED) is 0.738. The van der Waals surface area contributed by atoms with Gasteiger partial charge in [0.05, 0.1) is 6.61 Å². The summed E-state index contributed by atoms with van der Waals surface area (Å²) >= 11 is 1.48. The summed E-state index contributed by atoms with van der Waals surface area (Å²) in [6.07, 6.45) is 1.91. The number of carboxylic acid groups (broad SMARTS) is 1. The molecule has 1 N–H and O–H groups in total. The van der Waals surface area contributed by atoms with Crippen LogP contribution in [0.5, 0.6) is 5.75 Å². The van der Waals surface area contributed by atoms with Crippen molar-refractivity contribution >= 4 is 17.7 Å². The van der Waals surface area contributed by atoms with E-state index in [0.717, 1.165) is 24.3 Å². The monoisotopic (exact) mass is 282 g/mol. The lowest BCUT2D eigenvalue weighted by molar-refractivity contribution is -0.138. The lowest BCUT2D eigenvalue weighted by atomic mass is 10.2. The van der Waals surface area contributed by atoms with E-state index >= 15 is 0 Å². The average Bonchev–Trinajstić information content (AvgIpc) is 2.35. The van der Waals surface area contributed by atoms with Crippen LogP contribution in [0, 0.1) is 6.92 Å². The van der Waals surface area contributed by atoms with Crippen molar-refractivity contribution in [2.75, 3.05) is 12.4 Å². The van der Waals surface area contributed by atoms with Gasteiger partial charge in [-0.1, -0.05) is 17.7 Å². The molecule has 0 fully saturated rings. The van der Waals surface area contributed by atoms with E-state index < -0.39 is 10.7 Å². The smallest absolute Gasteiger partial charge is 0.319 e. The van der Waals surface area contributed by atoms with Gasteiger partial charge in [0.25, 0.3) is 0 Å². The molecule has 0 bridgehead atoms. The van der Waals surface area contributed by atoms with E-state index in [1.54, 1.807) is 13.8 Å². The van der Waals surface area contributed by atoms with E-state index in [-0.39, 0.29) is 0 Å². The minimum atomic E-state index is -0.756. The zero-order valence-electron chi connectivity index (χ0n) is 11.8. The Morgan fingerprint density at radius 3 is 2.47 bits per heavy atom. The standard InChI is InChI=1S/C15H22O3S/c1-12-6-8-13(9-7-12)18-10-4-5-11-19-15(2,3)14(16)17/h6-9H,4-5,10-11H2,1-3H3,(H,16,17). The van der Waals surface area contributed by atoms with E-state index in [4.69, 9.17) is 9.84 Å². The van der Waals surface area contributed by atoms with Crippen molar-refractivity contribution in [2.45, 2.75) is 38.4 Å². The summed E-state index contributed by atoms with van der Waals surface area (Å²) in [5, 5.41) is 8.97. The molecule has 3 nitrogen and oxygen atoms in total. The first-order chi connectivity index (χ1) is 8.92. The Morgan fingerprint density at radius 2 is 1.89 bits per heavy atom. The number of ether oxygens (including phenoxy) is 1. The van der Waals surface area contributed by atoms with Crippen LogP contribution in [0.1, 0.15) is 32.3 Å². The highest BCUT2D eigenvalue weighted by molar-refractivity contribution is 8.01. The maximum Gasteiger partial charge on any atom is 0.319 e. The number of aliphatic carboxylic acids is 1. The highest BCUT2D eigenvalue weighted by atomic mass is 32.2. The fraction of sp³-hybridized carbons (Fsp3) is 0.533. The Morgan fingerprint density at radius 1 is 1.26 bits per heavy atom. The first-order valence-corrected chi connectivity index (χ1v) is 7.47. The third-order valence-corrected chi connectivity index (χ3v) is 4.20. The molecule has 0 heterocycles. The summed E-state index contributed by atoms with van der Waals surface area (Å²) in [6.45, 7) is 6.20. The van der Waals surface area contributed by atoms with E-state index in [2.05, 4.69) is 0 Å². The molecule has 4 heteroatoms. The summed E-state index contributed by atoms with van der Waals surface area (Å²) in [7, 11) is 0. The lowest BCUT2D eigenvalue weighted by Gasteiger charge is -2.18. The number of carbonyl (C=O) groups is 1. The molecule has 0 saturated carbocycles. The Bertz CT molecular complexity index is 398. The molecule has 1 rings (SSSR count). The largest absolute Gasteiger partial charge is 0.494 e. The fourth-order valence-electron chi connectivity index (χ4n) is 1.42. The predicted octanol–water partition coefficient (Wildman–Crippen LogP) is 3.75. The first-order valence-electron chi connectivity index (χ1n) is 6.48. The third kappa shape index (κ3) is 6.01. The average molecular weight is 282 g/mol. The maximum absolute atomic E-state index is 10.9. The topological polar surface area (TPSA) is 46.5 Å². The highest BCUT2D eigenvalue weighted by Crippen LogP contribution is 2.25. The minimum Gasteiger partial charge on any atom is -0.494 e. The van der Waals surface area contributed by atoms with Crippen LogP contribution in [-0.2, 0) is 4.79 Å². The molecule has 0 spiro atoms. The van der Waals surface area contributed by atoms with Gasteiger partial charge in [0.2, 0.25) is 0 Å². The Hall–Kier alpha value is -1.16. The number of thioether (sulfide) groups is 1. The highest BCUT2D eigenvalue weighted by Gasteiger charge is 2.26. The molecule has 0 amide bonds. The number of aryl methyl sites for hydroxylation is 1. The van der Waals surface area contributed by atoms with Gasteiger partial charge >= 0.3 is 5.97 Å². The Kier molecular flexibility index (Phi) is 6.22. The van der Waals surface area contributed by atoms with Gasteiger partial charge in [-0.15, -0.1) is 11.8 Å². The Labute approximate surface area is 119 Å². The normalized spacial score (nSPS) is 11.3. The van der Waals surface area contributed by atoms with Crippen molar-refractivity contribution in [3.05, 3.63) is 29.8 Å². The SMILES string of the molecule is Cc1ccc(OCCCCSC(C)(C)C(=O)O)cc1. The maximum atomic E-state index is 10.9. The van der Waals surface area contributed by atoms with Crippen LogP contribution in [0.2, 0.25) is 0 Å². The van der Waals surface area contributed by atoms with Crippen molar-refractivity contribution in [1.82, 2.24) is 0 Å². The second-order valence-electron chi connectivity index (χ2n) is 5.03. The number of hydrogen-bond donors (Lipinski definition) is 1. The van der Waals surface area contributed by atoms with Crippen LogP contribution < -0.4 is 4.74 Å². The van der Waals surface area contributed by atoms with Gasteiger partial charge in [0.15, 0.2) is 0 Å². The van der Waals surface area contributed by atoms with Gasteiger partial charge < -0.3 is 9.84 Å². The molecule has 0 aromatic heterocycles. The first kappa shape index (κ1) is 15.9. The predicted molar refractivity (Wildman–Crippen MR) is 80.1 cm³/mol. The number of benzene rings is 1. The molecular weight excluding hydrogens is 260 g/mol. The van der Waals surface area contributed by atoms with Crippen molar-refractivity contribution < 1.29 is 14.6 Å². The van der Waals surface area contributed by atoms with Gasteiger partial charge in [0, 0.05) is 0 Å². The van der Waals surface area contributed by atoms with Crippen LogP contribution in [0.4, 0.5) is 0 Å². The molecule has 106 valence electrons. The van der Waals surface area contributed by atoms with Crippen LogP contribution in [0.15, 0.2) is 24.3 Å². The number of carboxylic acids is 1. The molecule has 1 aromatic carbocycles. The van der Waals surface area contributed by atoms with Crippen LogP contribution in [-0.4, -0.2) is 28.2 Å². The minimum absolute atomic E-state index is 0.678. The summed E-state index contributed by atoms with van der Waals surface area (Å²) in [6, 6.07) is 8.00. The summed E-state index contributed by atoms with van der Waals surface area (Å²) in [5.41, 5.74) is 1.22. The van der Waals surface area contributed by atoms with Gasteiger partial charge in [-0.05, 0) is 51.5 Å². The van der Waals surface area contributed by atoms with Crippen molar-refractivity contribution in [3.63, 3.8) is 0 Å². The van der Waals surface area contributed by atoms with Gasteiger partial charge in [-0.25, -0.2) is 0 Å². The van der Waals surface area contributed by atoms with E-state index in [0.29, 0.717) is 6.61 Å². The molecule has 0 radical (unpaired) electrons. The van der Waals surface area contributed by atoms with E-state index in [1.807, 2.05) is 31.2 Å². The zero-order valence-corrected chi connectivity index (χ0v) is 12.6. The number of rotatable bonds is 8. The van der Waals surface area contributed by atoms with Crippen LogP contribution in [0.25, 0.3) is 0 Å². The molecule has 0 unspecified atom stereocenters. The molecule has 0 aliphatic carbocycles. The summed E-state index contributed by atoms with van der Waals surface area (Å²) in [5.74, 6) is 0.980. The molecule has 0 atom stereocenters. The van der Waals surface area contributed by atoms with Crippen molar-refractivity contribution in [3.8, 4) is 5.75 Å². The second kappa shape index (κ2) is 7.43. The lowest BCUT2D eigenvalue weighted by Crippen LogP contribution is -2.27. The molecule has 0 saturated heterocycles. The van der Waals surface area contributed by atoms with Gasteiger partial charge in [-0.3, -0.25) is 4.79 Å². The van der Waals surface area contributed by atoms with Crippen molar-refractivity contribution in [1.29, 1.82) is 0 Å². The second-order valence-corrected chi connectivity index (χ2v) is 6.75. The van der Waals surface area contributed by atoms with E-state index in [1.165, 1.54) is 17.3 Å². The number of unbranched alkanes of at least 4 members (excludes halogenated alkanes) is 1. The summed E-state index contributed by atoms with van der Waals surface area (Å²) < 4.78 is 4.92. The van der Waals surface area contributed by atoms with Crippen molar-refractivity contribution in [2.24, 2.45) is 0 Å². The van der Waals surface area contributed by atoms with Crippen LogP contribution >= 0.6 is 11.8 Å². The number of hydrogen-bond acceptors (Lipinski definition) is 3. The Balaban J connectivity index is 2.12. The van der Waals surface area contributed by atoms with Crippen LogP contribution in [0.3, 0.4) is 0 Å². The van der Waals surface area contributed by atoms with E-state index in [9.17, 15) is 4.79 Å². The molecular formula is C15H22O3S. The fourth-order valence-corrected chi connectivity index (χ4v) is 2.40. The van der Waals surface area contributed by atoms with Gasteiger partial charge in [-0.2, -0.15) is 0 Å². The third-order valence-electron chi connectivity index (χ3n) is 2.81.